The molecular weight excluding hydrogens is 254 g/mol. The third-order valence-corrected chi connectivity index (χ3v) is 4.01. The Bertz CT molecular complexity index is 461. The molecule has 6 nitrogen and oxygen atoms in total. The summed E-state index contributed by atoms with van der Waals surface area (Å²) in [5.41, 5.74) is 5.61. The molecular formula is C14H25N5O. The van der Waals surface area contributed by atoms with Crippen LogP contribution in [-0.4, -0.2) is 53.6 Å². The summed E-state index contributed by atoms with van der Waals surface area (Å²) >= 11 is 0. The fourth-order valence-corrected chi connectivity index (χ4v) is 2.90. The van der Waals surface area contributed by atoms with Crippen molar-refractivity contribution in [2.75, 3.05) is 37.6 Å². The molecule has 2 rings (SSSR count). The third-order valence-electron chi connectivity index (χ3n) is 4.01. The second kappa shape index (κ2) is 7.40. The van der Waals surface area contributed by atoms with Crippen LogP contribution in [0.3, 0.4) is 0 Å². The van der Waals surface area contributed by atoms with Crippen LogP contribution in [0.1, 0.15) is 26.2 Å². The molecule has 0 spiro atoms. The van der Waals surface area contributed by atoms with Crippen molar-refractivity contribution in [2.45, 2.75) is 32.2 Å². The van der Waals surface area contributed by atoms with E-state index in [-0.39, 0.29) is 5.56 Å². The number of H-pyrrole nitrogens is 1. The van der Waals surface area contributed by atoms with E-state index in [1.54, 1.807) is 6.07 Å². The number of hydrogen-bond donors (Lipinski definition) is 2. The Morgan fingerprint density at radius 2 is 2.25 bits per heavy atom. The predicted molar refractivity (Wildman–Crippen MR) is 81.0 cm³/mol. The predicted octanol–water partition coefficient (Wildman–Crippen LogP) is 0.409. The molecule has 1 fully saturated rings. The normalized spacial score (nSPS) is 18.8. The Labute approximate surface area is 120 Å². The maximum atomic E-state index is 11.4. The summed E-state index contributed by atoms with van der Waals surface area (Å²) < 4.78 is 0. The monoisotopic (exact) mass is 279 g/mol. The molecule has 1 aliphatic rings. The molecule has 3 N–H and O–H groups in total. The third kappa shape index (κ3) is 3.80. The van der Waals surface area contributed by atoms with E-state index in [0.29, 0.717) is 6.04 Å². The summed E-state index contributed by atoms with van der Waals surface area (Å²) in [4.78, 5) is 22.9. The minimum atomic E-state index is -0.0920. The quantitative estimate of drug-likeness (QED) is 0.816. The van der Waals surface area contributed by atoms with E-state index in [4.69, 9.17) is 5.73 Å². The lowest BCUT2D eigenvalue weighted by molar-refractivity contribution is 0.196. The van der Waals surface area contributed by atoms with E-state index < -0.39 is 0 Å². The minimum absolute atomic E-state index is 0.0920. The standard InChI is InChI=1S/C14H25N5O/c1-2-12(4-5-15)18-6-3-7-19(9-8-18)13-10-14(20)17-11-16-13/h10-12H,2-9,15H2,1H3,(H,16,17,20). The molecule has 20 heavy (non-hydrogen) atoms. The Kier molecular flexibility index (Phi) is 5.55. The average Bonchev–Trinajstić information content (AvgIpc) is 2.70. The highest BCUT2D eigenvalue weighted by Crippen LogP contribution is 2.15. The van der Waals surface area contributed by atoms with Crippen molar-refractivity contribution in [3.8, 4) is 0 Å². The molecule has 0 radical (unpaired) electrons. The van der Waals surface area contributed by atoms with Gasteiger partial charge in [-0.1, -0.05) is 6.92 Å². The Hall–Kier alpha value is -1.40. The van der Waals surface area contributed by atoms with Gasteiger partial charge in [0.25, 0.3) is 5.56 Å². The first kappa shape index (κ1) is 15.0. The Morgan fingerprint density at radius 3 is 2.95 bits per heavy atom. The van der Waals surface area contributed by atoms with Crippen LogP contribution >= 0.6 is 0 Å². The van der Waals surface area contributed by atoms with Gasteiger partial charge in [-0.2, -0.15) is 0 Å². The van der Waals surface area contributed by atoms with Crippen LogP contribution in [0.5, 0.6) is 0 Å². The van der Waals surface area contributed by atoms with Gasteiger partial charge in [-0.25, -0.2) is 4.98 Å². The van der Waals surface area contributed by atoms with Crippen molar-refractivity contribution in [2.24, 2.45) is 5.73 Å². The Balaban J connectivity index is 2.00. The van der Waals surface area contributed by atoms with Gasteiger partial charge in [-0.05, 0) is 25.8 Å². The molecule has 0 aromatic carbocycles. The van der Waals surface area contributed by atoms with Crippen molar-refractivity contribution >= 4 is 5.82 Å². The highest BCUT2D eigenvalue weighted by molar-refractivity contribution is 5.36. The van der Waals surface area contributed by atoms with E-state index in [1.165, 1.54) is 6.33 Å². The second-order valence-corrected chi connectivity index (χ2v) is 5.29. The van der Waals surface area contributed by atoms with Crippen molar-refractivity contribution < 1.29 is 0 Å². The van der Waals surface area contributed by atoms with Crippen molar-refractivity contribution in [1.29, 1.82) is 0 Å². The van der Waals surface area contributed by atoms with Crippen LogP contribution in [0.2, 0.25) is 0 Å². The van der Waals surface area contributed by atoms with Crippen LogP contribution in [0, 0.1) is 0 Å². The molecule has 1 aliphatic heterocycles. The second-order valence-electron chi connectivity index (χ2n) is 5.29. The summed E-state index contributed by atoms with van der Waals surface area (Å²) in [5.74, 6) is 0.780. The van der Waals surface area contributed by atoms with Gasteiger partial charge in [0.2, 0.25) is 0 Å². The maximum Gasteiger partial charge on any atom is 0.252 e. The van der Waals surface area contributed by atoms with Crippen LogP contribution in [0.25, 0.3) is 0 Å². The first-order valence-electron chi connectivity index (χ1n) is 7.48. The highest BCUT2D eigenvalue weighted by Gasteiger charge is 2.21. The number of nitrogens with one attached hydrogen (secondary N) is 1. The molecule has 1 aromatic rings. The van der Waals surface area contributed by atoms with E-state index in [1.807, 2.05) is 0 Å². The first-order valence-corrected chi connectivity index (χ1v) is 7.48. The molecule has 1 aromatic heterocycles. The molecule has 6 heteroatoms. The largest absolute Gasteiger partial charge is 0.355 e. The summed E-state index contributed by atoms with van der Waals surface area (Å²) in [7, 11) is 0. The highest BCUT2D eigenvalue weighted by atomic mass is 16.1. The summed E-state index contributed by atoms with van der Waals surface area (Å²) in [6.45, 7) is 6.93. The summed E-state index contributed by atoms with van der Waals surface area (Å²) in [6, 6.07) is 2.15. The number of aromatic nitrogens is 2. The average molecular weight is 279 g/mol. The Morgan fingerprint density at radius 1 is 1.40 bits per heavy atom. The molecule has 1 saturated heterocycles. The van der Waals surface area contributed by atoms with Gasteiger partial charge in [0.05, 0.1) is 6.33 Å². The fraction of sp³-hybridized carbons (Fsp3) is 0.714. The molecule has 1 atom stereocenters. The lowest BCUT2D eigenvalue weighted by atomic mass is 10.1. The minimum Gasteiger partial charge on any atom is -0.355 e. The molecule has 2 heterocycles. The topological polar surface area (TPSA) is 78.2 Å². The van der Waals surface area contributed by atoms with Crippen LogP contribution < -0.4 is 16.2 Å². The molecule has 112 valence electrons. The zero-order chi connectivity index (χ0) is 14.4. The van der Waals surface area contributed by atoms with E-state index in [0.717, 1.165) is 57.8 Å². The fourth-order valence-electron chi connectivity index (χ4n) is 2.90. The zero-order valence-corrected chi connectivity index (χ0v) is 12.2. The van der Waals surface area contributed by atoms with Gasteiger partial charge in [-0.15, -0.1) is 0 Å². The van der Waals surface area contributed by atoms with Crippen molar-refractivity contribution in [3.63, 3.8) is 0 Å². The van der Waals surface area contributed by atoms with Crippen molar-refractivity contribution in [1.82, 2.24) is 14.9 Å². The molecule has 0 bridgehead atoms. The first-order chi connectivity index (χ1) is 9.74. The van der Waals surface area contributed by atoms with Gasteiger partial charge < -0.3 is 15.6 Å². The van der Waals surface area contributed by atoms with Gasteiger partial charge in [0, 0.05) is 38.3 Å². The van der Waals surface area contributed by atoms with E-state index >= 15 is 0 Å². The molecule has 0 amide bonds. The van der Waals surface area contributed by atoms with Crippen LogP contribution in [0.15, 0.2) is 17.2 Å². The number of rotatable bonds is 5. The maximum absolute atomic E-state index is 11.4. The number of aromatic amines is 1. The summed E-state index contributed by atoms with van der Waals surface area (Å²) in [6.07, 6.45) is 4.76. The van der Waals surface area contributed by atoms with Crippen molar-refractivity contribution in [3.05, 3.63) is 22.7 Å². The van der Waals surface area contributed by atoms with Gasteiger partial charge in [-0.3, -0.25) is 9.69 Å². The van der Waals surface area contributed by atoms with Gasteiger partial charge in [0.1, 0.15) is 5.82 Å². The SMILES string of the molecule is CCC(CCN)N1CCCN(c2cc(=O)[nH]cn2)CC1. The zero-order valence-electron chi connectivity index (χ0n) is 12.2. The lowest BCUT2D eigenvalue weighted by Crippen LogP contribution is -2.39. The van der Waals surface area contributed by atoms with Crippen LogP contribution in [-0.2, 0) is 0 Å². The summed E-state index contributed by atoms with van der Waals surface area (Å²) in [5, 5.41) is 0. The number of anilines is 1. The van der Waals surface area contributed by atoms with Gasteiger partial charge >= 0.3 is 0 Å². The van der Waals surface area contributed by atoms with Crippen LogP contribution in [0.4, 0.5) is 5.82 Å². The van der Waals surface area contributed by atoms with E-state index in [2.05, 4.69) is 26.7 Å². The molecule has 0 aliphatic carbocycles. The van der Waals surface area contributed by atoms with E-state index in [9.17, 15) is 4.79 Å². The molecule has 1 unspecified atom stereocenters. The lowest BCUT2D eigenvalue weighted by Gasteiger charge is -2.29. The van der Waals surface area contributed by atoms with Gasteiger partial charge in [0.15, 0.2) is 0 Å². The number of nitrogens with two attached hydrogens (primary N) is 1. The smallest absolute Gasteiger partial charge is 0.252 e. The number of hydrogen-bond acceptors (Lipinski definition) is 5. The number of nitrogens with zero attached hydrogens (tertiary/aromatic N) is 3. The molecule has 0 saturated carbocycles.